The van der Waals surface area contributed by atoms with Crippen LogP contribution in [0.15, 0.2) is 29.6 Å². The van der Waals surface area contributed by atoms with Gasteiger partial charge in [0.2, 0.25) is 5.95 Å². The molecule has 0 spiro atoms. The van der Waals surface area contributed by atoms with Crippen molar-refractivity contribution >= 4 is 34.0 Å². The van der Waals surface area contributed by atoms with Crippen LogP contribution in [0.3, 0.4) is 0 Å². The Morgan fingerprint density at radius 3 is 2.78 bits per heavy atom. The Morgan fingerprint density at radius 2 is 2.00 bits per heavy atom. The van der Waals surface area contributed by atoms with Gasteiger partial charge >= 0.3 is 0 Å². The summed E-state index contributed by atoms with van der Waals surface area (Å²) < 4.78 is 8.96. The van der Waals surface area contributed by atoms with E-state index in [2.05, 4.69) is 25.3 Å². The number of morpholine rings is 1. The highest BCUT2D eigenvalue weighted by Crippen LogP contribution is 2.44. The van der Waals surface area contributed by atoms with Gasteiger partial charge in [-0.2, -0.15) is 5.10 Å². The van der Waals surface area contributed by atoms with E-state index in [0.29, 0.717) is 25.1 Å². The van der Waals surface area contributed by atoms with E-state index in [4.69, 9.17) is 9.72 Å². The van der Waals surface area contributed by atoms with Crippen molar-refractivity contribution in [3.8, 4) is 0 Å². The second-order valence-electron chi connectivity index (χ2n) is 8.49. The largest absolute Gasteiger partial charge is 0.378 e. The summed E-state index contributed by atoms with van der Waals surface area (Å²) in [4.78, 5) is 29.2. The number of fused-ring (bicyclic) bond motifs is 2. The highest BCUT2D eigenvalue weighted by Gasteiger charge is 2.34. The molecular formula is C22H24N8O2. The van der Waals surface area contributed by atoms with E-state index in [1.807, 2.05) is 19.2 Å². The summed E-state index contributed by atoms with van der Waals surface area (Å²) in [7, 11) is 1.80. The third-order valence-corrected chi connectivity index (χ3v) is 6.33. The Labute approximate surface area is 183 Å². The average Bonchev–Trinajstić information content (AvgIpc) is 3.55. The molecule has 4 aromatic rings. The molecule has 1 saturated carbocycles. The maximum atomic E-state index is 13.3. The number of hydrogen-bond donors (Lipinski definition) is 1. The molecule has 1 N–H and O–H groups in total. The minimum atomic E-state index is 0.0540. The summed E-state index contributed by atoms with van der Waals surface area (Å²) in [6, 6.07) is 1.96. The zero-order valence-corrected chi connectivity index (χ0v) is 18.1. The Bertz CT molecular complexity index is 1400. The number of hydrogen-bond acceptors (Lipinski definition) is 8. The Kier molecular flexibility index (Phi) is 4.35. The van der Waals surface area contributed by atoms with Gasteiger partial charge in [0, 0.05) is 25.7 Å². The van der Waals surface area contributed by atoms with Crippen LogP contribution in [0.4, 0.5) is 17.3 Å². The number of nitrogens with zero attached hydrogens (tertiary/aromatic N) is 7. The standard InChI is InChI=1S/C22H24N8O2/c1-13-9-17-24-12-25-30(17)11-15(13)26-22-23-10-16-19(27-22)20(29-5-7-32-8-6-29)18(14-3-4-14)21(31)28(16)2/h9-12,14H,3-8H2,1-2H3,(H,23,26,27). The van der Waals surface area contributed by atoms with Crippen LogP contribution in [-0.2, 0) is 11.8 Å². The predicted octanol–water partition coefficient (Wildman–Crippen LogP) is 2.14. The molecule has 4 aromatic heterocycles. The molecule has 0 aromatic carbocycles. The Hall–Kier alpha value is -3.53. The summed E-state index contributed by atoms with van der Waals surface area (Å²) in [5.41, 5.74) is 6.06. The molecule has 6 rings (SSSR count). The lowest BCUT2D eigenvalue weighted by Crippen LogP contribution is -2.39. The molecule has 164 valence electrons. The van der Waals surface area contributed by atoms with Gasteiger partial charge in [-0.05, 0) is 37.3 Å². The van der Waals surface area contributed by atoms with E-state index in [9.17, 15) is 4.79 Å². The highest BCUT2D eigenvalue weighted by molar-refractivity contribution is 5.91. The van der Waals surface area contributed by atoms with Crippen LogP contribution in [-0.4, -0.2) is 55.4 Å². The van der Waals surface area contributed by atoms with Gasteiger partial charge in [-0.15, -0.1) is 0 Å². The van der Waals surface area contributed by atoms with Gasteiger partial charge < -0.3 is 19.5 Å². The second kappa shape index (κ2) is 7.27. The van der Waals surface area contributed by atoms with Gasteiger partial charge in [-0.3, -0.25) is 4.79 Å². The molecule has 0 amide bonds. The van der Waals surface area contributed by atoms with Gasteiger partial charge in [0.15, 0.2) is 5.65 Å². The number of ether oxygens (including phenoxy) is 1. The molecule has 1 saturated heterocycles. The molecule has 5 heterocycles. The molecule has 10 heteroatoms. The Morgan fingerprint density at radius 1 is 1.19 bits per heavy atom. The lowest BCUT2D eigenvalue weighted by atomic mass is 10.1. The molecule has 0 unspecified atom stereocenters. The van der Waals surface area contributed by atoms with Gasteiger partial charge in [0.05, 0.1) is 42.5 Å². The van der Waals surface area contributed by atoms with E-state index in [-0.39, 0.29) is 5.56 Å². The number of aryl methyl sites for hydroxylation is 2. The molecule has 32 heavy (non-hydrogen) atoms. The normalized spacial score (nSPS) is 16.8. The molecule has 2 aliphatic rings. The summed E-state index contributed by atoms with van der Waals surface area (Å²) in [5.74, 6) is 0.786. The minimum absolute atomic E-state index is 0.0540. The fourth-order valence-electron chi connectivity index (χ4n) is 4.43. The van der Waals surface area contributed by atoms with Crippen LogP contribution in [0.5, 0.6) is 0 Å². The maximum Gasteiger partial charge on any atom is 0.256 e. The molecular weight excluding hydrogens is 408 g/mol. The highest BCUT2D eigenvalue weighted by atomic mass is 16.5. The average molecular weight is 432 g/mol. The topological polar surface area (TPSA) is 102 Å². The third-order valence-electron chi connectivity index (χ3n) is 6.33. The number of pyridine rings is 2. The first-order chi connectivity index (χ1) is 15.6. The summed E-state index contributed by atoms with van der Waals surface area (Å²) in [6.07, 6.45) is 7.23. The summed E-state index contributed by atoms with van der Waals surface area (Å²) in [6.45, 7) is 4.79. The van der Waals surface area contributed by atoms with Crippen LogP contribution < -0.4 is 15.8 Å². The quantitative estimate of drug-likeness (QED) is 0.523. The molecule has 0 atom stereocenters. The fraction of sp³-hybridized carbons (Fsp3) is 0.409. The number of aromatic nitrogens is 6. The van der Waals surface area contributed by atoms with E-state index in [1.165, 1.54) is 6.33 Å². The summed E-state index contributed by atoms with van der Waals surface area (Å²) in [5, 5.41) is 7.55. The number of rotatable bonds is 4. The SMILES string of the molecule is Cc1cc2ncnn2cc1Nc1ncc2c(n1)c(N1CCOCC1)c(C1CC1)c(=O)n2C. The van der Waals surface area contributed by atoms with Crippen LogP contribution in [0.1, 0.15) is 29.9 Å². The van der Waals surface area contributed by atoms with Crippen molar-refractivity contribution in [3.05, 3.63) is 46.3 Å². The first kappa shape index (κ1) is 19.2. The predicted molar refractivity (Wildman–Crippen MR) is 121 cm³/mol. The molecule has 1 aliphatic carbocycles. The molecule has 10 nitrogen and oxygen atoms in total. The molecule has 2 fully saturated rings. The molecule has 0 radical (unpaired) electrons. The van der Waals surface area contributed by atoms with Gasteiger partial charge in [0.25, 0.3) is 5.56 Å². The first-order valence-electron chi connectivity index (χ1n) is 10.9. The summed E-state index contributed by atoms with van der Waals surface area (Å²) >= 11 is 0. The van der Waals surface area contributed by atoms with Crippen LogP contribution in [0, 0.1) is 6.92 Å². The van der Waals surface area contributed by atoms with Crippen LogP contribution in [0.2, 0.25) is 0 Å². The van der Waals surface area contributed by atoms with Crippen molar-refractivity contribution in [2.45, 2.75) is 25.7 Å². The van der Waals surface area contributed by atoms with Crippen molar-refractivity contribution in [2.24, 2.45) is 7.05 Å². The fourth-order valence-corrected chi connectivity index (χ4v) is 4.43. The second-order valence-corrected chi connectivity index (χ2v) is 8.49. The maximum absolute atomic E-state index is 13.3. The Balaban J connectivity index is 1.51. The van der Waals surface area contributed by atoms with Crippen molar-refractivity contribution in [1.82, 2.24) is 29.1 Å². The molecule has 1 aliphatic heterocycles. The zero-order valence-electron chi connectivity index (χ0n) is 18.1. The lowest BCUT2D eigenvalue weighted by Gasteiger charge is -2.31. The van der Waals surface area contributed by atoms with E-state index < -0.39 is 0 Å². The van der Waals surface area contributed by atoms with Gasteiger partial charge in [0.1, 0.15) is 11.8 Å². The zero-order chi connectivity index (χ0) is 21.8. The van der Waals surface area contributed by atoms with Crippen molar-refractivity contribution < 1.29 is 4.74 Å². The first-order valence-corrected chi connectivity index (χ1v) is 10.9. The minimum Gasteiger partial charge on any atom is -0.378 e. The van der Waals surface area contributed by atoms with E-state index in [1.54, 1.807) is 22.3 Å². The van der Waals surface area contributed by atoms with Crippen molar-refractivity contribution in [2.75, 3.05) is 36.5 Å². The monoisotopic (exact) mass is 432 g/mol. The van der Waals surface area contributed by atoms with E-state index in [0.717, 1.165) is 65.1 Å². The van der Waals surface area contributed by atoms with Crippen LogP contribution in [0.25, 0.3) is 16.7 Å². The molecule has 0 bridgehead atoms. The van der Waals surface area contributed by atoms with Crippen molar-refractivity contribution in [1.29, 1.82) is 0 Å². The van der Waals surface area contributed by atoms with Gasteiger partial charge in [-0.1, -0.05) is 0 Å². The van der Waals surface area contributed by atoms with Crippen molar-refractivity contribution in [3.63, 3.8) is 0 Å². The smallest absolute Gasteiger partial charge is 0.256 e. The third kappa shape index (κ3) is 3.10. The van der Waals surface area contributed by atoms with E-state index >= 15 is 0 Å². The lowest BCUT2D eigenvalue weighted by molar-refractivity contribution is 0.122. The van der Waals surface area contributed by atoms with Gasteiger partial charge in [-0.25, -0.2) is 19.5 Å². The number of anilines is 3. The van der Waals surface area contributed by atoms with Crippen LogP contribution >= 0.6 is 0 Å². The number of nitrogens with one attached hydrogen (secondary N) is 1.